The van der Waals surface area contributed by atoms with Crippen molar-refractivity contribution in [1.29, 1.82) is 0 Å². The van der Waals surface area contributed by atoms with Gasteiger partial charge in [-0.25, -0.2) is 4.98 Å². The lowest BCUT2D eigenvalue weighted by Crippen LogP contribution is -2.50. The fourth-order valence-corrected chi connectivity index (χ4v) is 4.34. The van der Waals surface area contributed by atoms with Gasteiger partial charge in [0.05, 0.1) is 12.2 Å². The maximum Gasteiger partial charge on any atom is 0.253 e. The Morgan fingerprint density at radius 1 is 0.944 bits per heavy atom. The van der Waals surface area contributed by atoms with Crippen LogP contribution in [0.25, 0.3) is 5.65 Å². The summed E-state index contributed by atoms with van der Waals surface area (Å²) in [6, 6.07) is 20.7. The van der Waals surface area contributed by atoms with E-state index in [1.807, 2.05) is 83.2 Å². The van der Waals surface area contributed by atoms with Crippen molar-refractivity contribution in [2.75, 3.05) is 38.0 Å². The van der Waals surface area contributed by atoms with E-state index in [0.717, 1.165) is 22.6 Å². The highest BCUT2D eigenvalue weighted by molar-refractivity contribution is 5.94. The van der Waals surface area contributed by atoms with E-state index in [1.165, 1.54) is 0 Å². The molecule has 0 unspecified atom stereocenters. The summed E-state index contributed by atoms with van der Waals surface area (Å²) in [5, 5.41) is 2.91. The number of benzene rings is 2. The summed E-state index contributed by atoms with van der Waals surface area (Å²) in [7, 11) is 0. The summed E-state index contributed by atoms with van der Waals surface area (Å²) in [6.07, 6.45) is 3.93. The van der Waals surface area contributed by atoms with Crippen LogP contribution in [-0.4, -0.2) is 63.7 Å². The Bertz CT molecular complexity index is 1340. The number of carbonyl (C=O) groups excluding carboxylic acids is 2. The zero-order valence-corrected chi connectivity index (χ0v) is 20.3. The highest BCUT2D eigenvalue weighted by Crippen LogP contribution is 2.17. The quantitative estimate of drug-likeness (QED) is 0.434. The largest absolute Gasteiger partial charge is 0.487 e. The second-order valence-electron chi connectivity index (χ2n) is 8.95. The second kappa shape index (κ2) is 10.6. The summed E-state index contributed by atoms with van der Waals surface area (Å²) < 4.78 is 7.88. The van der Waals surface area contributed by atoms with Crippen LogP contribution in [0.2, 0.25) is 0 Å². The second-order valence-corrected chi connectivity index (χ2v) is 8.95. The van der Waals surface area contributed by atoms with Crippen molar-refractivity contribution in [1.82, 2.24) is 19.2 Å². The molecule has 36 heavy (non-hydrogen) atoms. The van der Waals surface area contributed by atoms with Crippen LogP contribution in [0.4, 0.5) is 5.69 Å². The van der Waals surface area contributed by atoms with Crippen molar-refractivity contribution in [3.63, 3.8) is 0 Å². The predicted molar refractivity (Wildman–Crippen MR) is 138 cm³/mol. The first-order chi connectivity index (χ1) is 17.5. The Hall–Kier alpha value is -4.17. The standard InChI is InChI=1S/C28H29N5O3/c1-21-6-5-13-33-18-24(30-27(21)33)20-36-25-11-9-22(10-12-25)28(35)32-16-14-31(15-17-32)19-26(34)29-23-7-3-2-4-8-23/h2-13,18H,14-17,19-20H2,1H3,(H,29,34). The molecule has 1 N–H and O–H groups in total. The molecule has 4 aromatic rings. The van der Waals surface area contributed by atoms with E-state index in [4.69, 9.17) is 4.74 Å². The van der Waals surface area contributed by atoms with Crippen LogP contribution >= 0.6 is 0 Å². The lowest BCUT2D eigenvalue weighted by atomic mass is 10.1. The Balaban J connectivity index is 1.09. The molecule has 2 aromatic heterocycles. The predicted octanol–water partition coefficient (Wildman–Crippen LogP) is 3.62. The molecule has 2 amide bonds. The Labute approximate surface area is 210 Å². The van der Waals surface area contributed by atoms with Gasteiger partial charge in [-0.2, -0.15) is 0 Å². The lowest BCUT2D eigenvalue weighted by molar-refractivity contribution is -0.117. The molecule has 0 saturated carbocycles. The third-order valence-corrected chi connectivity index (χ3v) is 6.30. The van der Waals surface area contributed by atoms with Gasteiger partial charge in [-0.05, 0) is 55.0 Å². The van der Waals surface area contributed by atoms with Crippen LogP contribution in [0.5, 0.6) is 5.75 Å². The van der Waals surface area contributed by atoms with E-state index in [9.17, 15) is 9.59 Å². The number of amides is 2. The molecule has 8 nitrogen and oxygen atoms in total. The molecule has 2 aromatic carbocycles. The average molecular weight is 484 g/mol. The number of piperazine rings is 1. The Kier molecular flexibility index (Phi) is 6.95. The first-order valence-electron chi connectivity index (χ1n) is 12.1. The van der Waals surface area contributed by atoms with Crippen molar-refractivity contribution in [2.24, 2.45) is 0 Å². The van der Waals surface area contributed by atoms with Gasteiger partial charge in [-0.3, -0.25) is 14.5 Å². The van der Waals surface area contributed by atoms with Gasteiger partial charge in [-0.15, -0.1) is 0 Å². The molecule has 0 aliphatic carbocycles. The van der Waals surface area contributed by atoms with Crippen LogP contribution < -0.4 is 10.1 Å². The van der Waals surface area contributed by atoms with Gasteiger partial charge < -0.3 is 19.4 Å². The van der Waals surface area contributed by atoms with Crippen LogP contribution in [0, 0.1) is 6.92 Å². The molecule has 0 atom stereocenters. The summed E-state index contributed by atoms with van der Waals surface area (Å²) >= 11 is 0. The first kappa shape index (κ1) is 23.6. The molecular weight excluding hydrogens is 454 g/mol. The van der Waals surface area contributed by atoms with E-state index in [0.29, 0.717) is 50.6 Å². The zero-order valence-electron chi connectivity index (χ0n) is 20.3. The molecule has 0 radical (unpaired) electrons. The minimum Gasteiger partial charge on any atom is -0.487 e. The number of anilines is 1. The topological polar surface area (TPSA) is 79.2 Å². The van der Waals surface area contributed by atoms with Crippen molar-refractivity contribution in [3.05, 3.63) is 95.9 Å². The van der Waals surface area contributed by atoms with Crippen LogP contribution in [0.3, 0.4) is 0 Å². The zero-order chi connectivity index (χ0) is 24.9. The molecule has 1 fully saturated rings. The summed E-state index contributed by atoms with van der Waals surface area (Å²) in [6.45, 7) is 5.20. The normalized spacial score (nSPS) is 14.1. The molecule has 3 heterocycles. The number of hydrogen-bond acceptors (Lipinski definition) is 5. The van der Waals surface area contributed by atoms with Gasteiger partial charge in [-0.1, -0.05) is 24.3 Å². The summed E-state index contributed by atoms with van der Waals surface area (Å²) in [4.78, 5) is 33.8. The number of fused-ring (bicyclic) bond motifs is 1. The number of rotatable bonds is 7. The maximum atomic E-state index is 13.0. The first-order valence-corrected chi connectivity index (χ1v) is 12.1. The van der Waals surface area contributed by atoms with Gasteiger partial charge in [0.25, 0.3) is 5.91 Å². The molecular formula is C28H29N5O3. The minimum absolute atomic E-state index is 0.00855. The molecule has 1 aliphatic rings. The van der Waals surface area contributed by atoms with E-state index in [2.05, 4.69) is 15.2 Å². The van der Waals surface area contributed by atoms with Crippen molar-refractivity contribution >= 4 is 23.1 Å². The van der Waals surface area contributed by atoms with Crippen LogP contribution in [0.15, 0.2) is 79.1 Å². The summed E-state index contributed by atoms with van der Waals surface area (Å²) in [5.41, 5.74) is 4.30. The molecule has 1 aliphatic heterocycles. The van der Waals surface area contributed by atoms with Gasteiger partial charge >= 0.3 is 0 Å². The highest BCUT2D eigenvalue weighted by atomic mass is 16.5. The fraction of sp³-hybridized carbons (Fsp3) is 0.250. The number of ether oxygens (including phenoxy) is 1. The number of para-hydroxylation sites is 1. The number of hydrogen-bond donors (Lipinski definition) is 1. The highest BCUT2D eigenvalue weighted by Gasteiger charge is 2.23. The lowest BCUT2D eigenvalue weighted by Gasteiger charge is -2.34. The number of aryl methyl sites for hydroxylation is 1. The molecule has 184 valence electrons. The SMILES string of the molecule is Cc1cccn2cc(COc3ccc(C(=O)N4CCN(CC(=O)Nc5ccccc5)CC4)cc3)nc12. The van der Waals surface area contributed by atoms with Gasteiger partial charge in [0.1, 0.15) is 18.0 Å². The van der Waals surface area contributed by atoms with Crippen LogP contribution in [-0.2, 0) is 11.4 Å². The summed E-state index contributed by atoms with van der Waals surface area (Å²) in [5.74, 6) is 0.635. The maximum absolute atomic E-state index is 13.0. The Morgan fingerprint density at radius 2 is 1.69 bits per heavy atom. The van der Waals surface area contributed by atoms with E-state index >= 15 is 0 Å². The molecule has 8 heteroatoms. The number of aromatic nitrogens is 2. The van der Waals surface area contributed by atoms with E-state index in [-0.39, 0.29) is 11.8 Å². The number of nitrogens with zero attached hydrogens (tertiary/aromatic N) is 4. The smallest absolute Gasteiger partial charge is 0.253 e. The third kappa shape index (κ3) is 5.55. The molecule has 1 saturated heterocycles. The molecule has 0 spiro atoms. The van der Waals surface area contributed by atoms with E-state index < -0.39 is 0 Å². The van der Waals surface area contributed by atoms with Crippen molar-refractivity contribution in [3.8, 4) is 5.75 Å². The van der Waals surface area contributed by atoms with Gasteiger partial charge in [0, 0.05) is 49.8 Å². The molecule has 0 bridgehead atoms. The number of imidazole rings is 1. The third-order valence-electron chi connectivity index (χ3n) is 6.30. The minimum atomic E-state index is -0.0460. The molecule has 5 rings (SSSR count). The van der Waals surface area contributed by atoms with Crippen LogP contribution in [0.1, 0.15) is 21.6 Å². The van der Waals surface area contributed by atoms with Crippen molar-refractivity contribution in [2.45, 2.75) is 13.5 Å². The Morgan fingerprint density at radius 3 is 2.42 bits per heavy atom. The fourth-order valence-electron chi connectivity index (χ4n) is 4.34. The number of pyridine rings is 1. The monoisotopic (exact) mass is 483 g/mol. The van der Waals surface area contributed by atoms with E-state index in [1.54, 1.807) is 12.1 Å². The van der Waals surface area contributed by atoms with Gasteiger partial charge in [0.2, 0.25) is 5.91 Å². The van der Waals surface area contributed by atoms with Crippen molar-refractivity contribution < 1.29 is 14.3 Å². The number of carbonyl (C=O) groups is 2. The average Bonchev–Trinajstić information content (AvgIpc) is 3.33. The number of nitrogens with one attached hydrogen (secondary N) is 1. The van der Waals surface area contributed by atoms with Gasteiger partial charge in [0.15, 0.2) is 0 Å².